The normalized spacial score (nSPS) is 18.7. The van der Waals surface area contributed by atoms with Gasteiger partial charge >= 0.3 is 59.2 Å². The van der Waals surface area contributed by atoms with Gasteiger partial charge in [0, 0.05) is 5.56 Å². The van der Waals surface area contributed by atoms with E-state index in [1.807, 2.05) is 13.8 Å². The molecule has 37 heavy (non-hydrogen) atoms. The molecule has 3 atom stereocenters. The number of hydrogen-bond acceptors (Lipinski definition) is 3. The number of rotatable bonds is 12. The molecule has 0 saturated carbocycles. The van der Waals surface area contributed by atoms with Crippen molar-refractivity contribution in [2.24, 2.45) is 17.8 Å². The molecule has 0 bridgehead atoms. The first-order chi connectivity index (χ1) is 16.5. The fourth-order valence-electron chi connectivity index (χ4n) is 5.27. The van der Waals surface area contributed by atoms with E-state index < -0.39 is 7.82 Å². The van der Waals surface area contributed by atoms with Crippen molar-refractivity contribution in [3.8, 4) is 11.5 Å². The van der Waals surface area contributed by atoms with Crippen LogP contribution in [0.1, 0.15) is 123 Å². The first-order valence-corrected chi connectivity index (χ1v) is 15.4. The van der Waals surface area contributed by atoms with E-state index in [-0.39, 0.29) is 58.4 Å². The molecule has 2 unspecified atom stereocenters. The van der Waals surface area contributed by atoms with Crippen LogP contribution in [-0.2, 0) is 11.0 Å². The molecular formula is C29H54KO6P. The van der Waals surface area contributed by atoms with E-state index in [2.05, 4.69) is 41.5 Å². The Balaban J connectivity index is 0. The summed E-state index contributed by atoms with van der Waals surface area (Å²) in [5, 5.41) is 10.4. The molecule has 1 aromatic rings. The van der Waals surface area contributed by atoms with Crippen LogP contribution in [-0.4, -0.2) is 25.4 Å². The Hall–Kier alpha value is 0.566. The Kier molecular flexibility index (Phi) is 17.7. The van der Waals surface area contributed by atoms with Gasteiger partial charge in [0.2, 0.25) is 0 Å². The Morgan fingerprint density at radius 3 is 1.81 bits per heavy atom. The quantitative estimate of drug-likeness (QED) is 0.208. The predicted octanol–water partition coefficient (Wildman–Crippen LogP) is 5.03. The topological polar surface area (TPSA) is 107 Å². The largest absolute Gasteiger partial charge is 1.00 e. The second-order valence-corrected chi connectivity index (χ2v) is 13.0. The molecule has 2 rings (SSSR count). The number of benzene rings is 1. The maximum atomic E-state index is 10.4. The van der Waals surface area contributed by atoms with Crippen molar-refractivity contribution in [2.45, 2.75) is 132 Å². The van der Waals surface area contributed by atoms with Crippen LogP contribution in [0.5, 0.6) is 11.5 Å². The summed E-state index contributed by atoms with van der Waals surface area (Å²) < 4.78 is 15.5. The minimum Gasteiger partial charge on any atom is -1.00 e. The molecule has 0 fully saturated rings. The van der Waals surface area contributed by atoms with Crippen LogP contribution < -0.4 is 56.1 Å². The molecule has 1 aliphatic heterocycles. The maximum absolute atomic E-state index is 10.4. The van der Waals surface area contributed by atoms with Crippen molar-refractivity contribution in [1.82, 2.24) is 0 Å². The van der Waals surface area contributed by atoms with Crippen LogP contribution in [0.4, 0.5) is 0 Å². The van der Waals surface area contributed by atoms with E-state index >= 15 is 0 Å². The standard InChI is InChI=1S/C29H50O2.K.H3O4P.H/c1-20(2)12-9-13-21(3)14-10-15-22(4)16-11-18-29(8)19-17-26-25(7)27(30)23(5)24(6)28(26)31-29;;1-5(2,3)4;/h20-22,30H,9-19H2,1-8H3;;(H3,1,2,3,4);/q;+1;;-1/t21?,22?,29-;;;/m1.../s1. The van der Waals surface area contributed by atoms with Gasteiger partial charge in [0.1, 0.15) is 17.1 Å². The Morgan fingerprint density at radius 2 is 1.32 bits per heavy atom. The summed E-state index contributed by atoms with van der Waals surface area (Å²) in [5.74, 6) is 4.04. The first-order valence-electron chi connectivity index (χ1n) is 13.8. The average molecular weight is 569 g/mol. The van der Waals surface area contributed by atoms with Gasteiger partial charge in [0.25, 0.3) is 0 Å². The number of ether oxygens (including phenoxy) is 1. The molecule has 1 heterocycles. The van der Waals surface area contributed by atoms with E-state index in [0.717, 1.165) is 59.5 Å². The average Bonchev–Trinajstić information content (AvgIpc) is 2.74. The van der Waals surface area contributed by atoms with Crippen LogP contribution in [0, 0.1) is 38.5 Å². The van der Waals surface area contributed by atoms with E-state index in [9.17, 15) is 5.11 Å². The van der Waals surface area contributed by atoms with Gasteiger partial charge in [-0.2, -0.15) is 0 Å². The summed E-state index contributed by atoms with van der Waals surface area (Å²) in [6.45, 7) is 17.9. The van der Waals surface area contributed by atoms with Crippen molar-refractivity contribution in [1.29, 1.82) is 0 Å². The molecule has 0 aromatic heterocycles. The van der Waals surface area contributed by atoms with Gasteiger partial charge in [0.05, 0.1) is 0 Å². The summed E-state index contributed by atoms with van der Waals surface area (Å²) in [7, 11) is -4.64. The molecule has 0 aliphatic carbocycles. The number of phosphoric acid groups is 1. The van der Waals surface area contributed by atoms with Crippen molar-refractivity contribution in [2.75, 3.05) is 0 Å². The summed E-state index contributed by atoms with van der Waals surface area (Å²) in [6.07, 6.45) is 14.1. The third-order valence-corrected chi connectivity index (χ3v) is 7.87. The van der Waals surface area contributed by atoms with Gasteiger partial charge in [-0.15, -0.1) is 0 Å². The van der Waals surface area contributed by atoms with Crippen LogP contribution in [0.15, 0.2) is 0 Å². The fourth-order valence-corrected chi connectivity index (χ4v) is 5.27. The number of phenols is 1. The SMILES string of the molecule is Cc1c(C)c2c(c(C)c1O)CC[C@@](C)(CCCC(C)CCCC(C)CCCC(C)C)O2.O=P(O)(O)O.[H-].[K+]. The predicted molar refractivity (Wildman–Crippen MR) is 150 cm³/mol. The monoisotopic (exact) mass is 568 g/mol. The molecule has 0 spiro atoms. The van der Waals surface area contributed by atoms with Gasteiger partial charge in [-0.1, -0.05) is 72.6 Å². The van der Waals surface area contributed by atoms with Crippen LogP contribution in [0.3, 0.4) is 0 Å². The summed E-state index contributed by atoms with van der Waals surface area (Å²) in [6, 6.07) is 0. The molecule has 1 aliphatic rings. The third-order valence-electron chi connectivity index (χ3n) is 7.87. The second-order valence-electron chi connectivity index (χ2n) is 12.0. The number of phenolic OH excluding ortho intramolecular Hbond substituents is 1. The summed E-state index contributed by atoms with van der Waals surface area (Å²) >= 11 is 0. The number of aromatic hydroxyl groups is 1. The minimum absolute atomic E-state index is 0. The third kappa shape index (κ3) is 14.7. The first kappa shape index (κ1) is 37.6. The van der Waals surface area contributed by atoms with Gasteiger partial charge in [-0.05, 0) is 87.8 Å². The zero-order valence-corrected chi connectivity index (χ0v) is 29.1. The van der Waals surface area contributed by atoms with Gasteiger partial charge < -0.3 is 26.0 Å². The molecule has 0 amide bonds. The van der Waals surface area contributed by atoms with Crippen LogP contribution in [0.25, 0.3) is 0 Å². The molecule has 0 radical (unpaired) electrons. The molecule has 8 heteroatoms. The van der Waals surface area contributed by atoms with Gasteiger partial charge in [-0.3, -0.25) is 0 Å². The van der Waals surface area contributed by atoms with E-state index in [1.54, 1.807) is 0 Å². The number of fused-ring (bicyclic) bond motifs is 1. The van der Waals surface area contributed by atoms with Crippen molar-refractivity contribution in [3.05, 3.63) is 22.3 Å². The molecule has 212 valence electrons. The zero-order valence-electron chi connectivity index (χ0n) is 26.1. The molecular weight excluding hydrogens is 514 g/mol. The van der Waals surface area contributed by atoms with Gasteiger partial charge in [-0.25, -0.2) is 4.57 Å². The smallest absolute Gasteiger partial charge is 1.00 e. The fraction of sp³-hybridized carbons (Fsp3) is 0.793. The van der Waals surface area contributed by atoms with Crippen LogP contribution >= 0.6 is 7.82 Å². The molecule has 1 aromatic carbocycles. The Labute approximate surface area is 270 Å². The van der Waals surface area contributed by atoms with E-state index in [4.69, 9.17) is 24.0 Å². The summed E-state index contributed by atoms with van der Waals surface area (Å²) in [5.41, 5.74) is 4.23. The van der Waals surface area contributed by atoms with E-state index in [0.29, 0.717) is 5.75 Å². The second kappa shape index (κ2) is 17.4. The Morgan fingerprint density at radius 1 is 0.865 bits per heavy atom. The molecule has 0 saturated heterocycles. The molecule has 4 N–H and O–H groups in total. The van der Waals surface area contributed by atoms with E-state index in [1.165, 1.54) is 56.9 Å². The number of hydrogen-bond donors (Lipinski definition) is 4. The van der Waals surface area contributed by atoms with Crippen LogP contribution in [0.2, 0.25) is 0 Å². The Bertz CT molecular complexity index is 867. The van der Waals surface area contributed by atoms with Crippen molar-refractivity contribution < 1.29 is 81.9 Å². The van der Waals surface area contributed by atoms with Gasteiger partial charge in [0.15, 0.2) is 0 Å². The van der Waals surface area contributed by atoms with Crippen molar-refractivity contribution >= 4 is 7.82 Å². The summed E-state index contributed by atoms with van der Waals surface area (Å²) in [4.78, 5) is 21.6. The maximum Gasteiger partial charge on any atom is 1.00 e. The molecule has 6 nitrogen and oxygen atoms in total. The minimum atomic E-state index is -4.64. The zero-order chi connectivity index (χ0) is 27.7. The van der Waals surface area contributed by atoms with Crippen molar-refractivity contribution in [3.63, 3.8) is 0 Å².